The third kappa shape index (κ3) is 2.95. The normalized spacial score (nSPS) is 25.2. The molecule has 1 aromatic rings. The van der Waals surface area contributed by atoms with E-state index in [1.54, 1.807) is 6.33 Å². The topological polar surface area (TPSA) is 71.2 Å². The molecule has 1 atom stereocenters. The van der Waals surface area contributed by atoms with Gasteiger partial charge in [-0.2, -0.15) is 0 Å². The van der Waals surface area contributed by atoms with Crippen molar-refractivity contribution in [1.29, 1.82) is 0 Å². The minimum atomic E-state index is -0.789. The van der Waals surface area contributed by atoms with Crippen LogP contribution in [0.1, 0.15) is 63.2 Å². The average Bonchev–Trinajstić information content (AvgIpc) is 3.07. The molecule has 1 aliphatic carbocycles. The molecule has 1 aliphatic heterocycles. The molecule has 2 heterocycles. The number of hydrogen-bond acceptors (Lipinski definition) is 4. The van der Waals surface area contributed by atoms with Gasteiger partial charge in [0.1, 0.15) is 6.33 Å². The Morgan fingerprint density at radius 2 is 2.14 bits per heavy atom. The lowest BCUT2D eigenvalue weighted by molar-refractivity contribution is -0.139. The quantitative estimate of drug-likeness (QED) is 0.918. The predicted molar refractivity (Wildman–Crippen MR) is 77.3 cm³/mol. The van der Waals surface area contributed by atoms with Gasteiger partial charge in [-0.25, -0.2) is 0 Å². The summed E-state index contributed by atoms with van der Waals surface area (Å²) in [6, 6.07) is 0.0113. The second-order valence-corrected chi connectivity index (χ2v) is 6.51. The van der Waals surface area contributed by atoms with Crippen LogP contribution in [0.4, 0.5) is 0 Å². The number of amides is 1. The zero-order valence-electron chi connectivity index (χ0n) is 12.7. The fourth-order valence-electron chi connectivity index (χ4n) is 3.70. The number of nitrogens with zero attached hydrogens (tertiary/aromatic N) is 4. The van der Waals surface area contributed by atoms with Gasteiger partial charge in [-0.05, 0) is 25.7 Å². The highest BCUT2D eigenvalue weighted by Gasteiger charge is 2.38. The van der Waals surface area contributed by atoms with Gasteiger partial charge < -0.3 is 14.6 Å². The zero-order valence-corrected chi connectivity index (χ0v) is 12.7. The molecular weight excluding hydrogens is 268 g/mol. The summed E-state index contributed by atoms with van der Waals surface area (Å²) < 4.78 is 1.88. The van der Waals surface area contributed by atoms with Gasteiger partial charge in [0.05, 0.1) is 18.1 Å². The molecule has 1 saturated carbocycles. The molecule has 116 valence electrons. The number of aliphatic hydroxyl groups is 1. The van der Waals surface area contributed by atoms with Crippen LogP contribution in [0.5, 0.6) is 0 Å². The van der Waals surface area contributed by atoms with Crippen molar-refractivity contribution in [3.05, 3.63) is 12.2 Å². The first-order valence-corrected chi connectivity index (χ1v) is 7.95. The lowest BCUT2D eigenvalue weighted by atomic mass is 9.82. The van der Waals surface area contributed by atoms with E-state index in [0.717, 1.165) is 50.9 Å². The van der Waals surface area contributed by atoms with Gasteiger partial charge in [0.15, 0.2) is 5.82 Å². The van der Waals surface area contributed by atoms with Crippen molar-refractivity contribution in [2.45, 2.75) is 63.0 Å². The van der Waals surface area contributed by atoms with E-state index in [1.165, 1.54) is 6.42 Å². The SMILES string of the molecule is Cn1cnnc1C1CCCN1C(=O)CC1(O)CCCCC1. The van der Waals surface area contributed by atoms with Crippen molar-refractivity contribution in [3.8, 4) is 0 Å². The van der Waals surface area contributed by atoms with E-state index in [9.17, 15) is 9.90 Å². The summed E-state index contributed by atoms with van der Waals surface area (Å²) in [5.74, 6) is 0.904. The zero-order chi connectivity index (χ0) is 14.9. The van der Waals surface area contributed by atoms with Crippen molar-refractivity contribution < 1.29 is 9.90 Å². The van der Waals surface area contributed by atoms with Crippen molar-refractivity contribution >= 4 is 5.91 Å². The van der Waals surface area contributed by atoms with Crippen molar-refractivity contribution in [2.24, 2.45) is 7.05 Å². The Labute approximate surface area is 125 Å². The smallest absolute Gasteiger partial charge is 0.226 e. The maximum absolute atomic E-state index is 12.6. The molecule has 2 fully saturated rings. The van der Waals surface area contributed by atoms with Gasteiger partial charge in [-0.15, -0.1) is 10.2 Å². The molecule has 1 amide bonds. The standard InChI is InChI=1S/C15H24N4O2/c1-18-11-16-17-14(18)12-6-5-9-19(12)13(20)10-15(21)7-3-2-4-8-15/h11-12,21H,2-10H2,1H3. The van der Waals surface area contributed by atoms with Crippen LogP contribution in [0.3, 0.4) is 0 Å². The monoisotopic (exact) mass is 292 g/mol. The van der Waals surface area contributed by atoms with Crippen LogP contribution in [-0.4, -0.2) is 42.8 Å². The summed E-state index contributed by atoms with van der Waals surface area (Å²) in [5, 5.41) is 18.7. The highest BCUT2D eigenvalue weighted by Crippen LogP contribution is 2.35. The number of likely N-dealkylation sites (tertiary alicyclic amines) is 1. The van der Waals surface area contributed by atoms with Gasteiger partial charge in [0, 0.05) is 13.6 Å². The van der Waals surface area contributed by atoms with Crippen LogP contribution in [0.25, 0.3) is 0 Å². The largest absolute Gasteiger partial charge is 0.389 e. The minimum absolute atomic E-state index is 0.0113. The van der Waals surface area contributed by atoms with Crippen LogP contribution in [0, 0.1) is 0 Å². The van der Waals surface area contributed by atoms with E-state index >= 15 is 0 Å². The molecule has 6 heteroatoms. The summed E-state index contributed by atoms with van der Waals surface area (Å²) in [6.45, 7) is 0.756. The molecule has 0 spiro atoms. The van der Waals surface area contributed by atoms with Crippen molar-refractivity contribution in [1.82, 2.24) is 19.7 Å². The van der Waals surface area contributed by atoms with Gasteiger partial charge in [-0.1, -0.05) is 19.3 Å². The average molecular weight is 292 g/mol. The number of rotatable bonds is 3. The van der Waals surface area contributed by atoms with Gasteiger partial charge in [-0.3, -0.25) is 4.79 Å². The first kappa shape index (κ1) is 14.5. The number of carbonyl (C=O) groups excluding carboxylic acids is 1. The molecule has 0 bridgehead atoms. The third-order valence-electron chi connectivity index (χ3n) is 4.88. The third-order valence-corrected chi connectivity index (χ3v) is 4.88. The molecule has 0 aromatic carbocycles. The maximum atomic E-state index is 12.6. The Kier molecular flexibility index (Phi) is 3.97. The highest BCUT2D eigenvalue weighted by atomic mass is 16.3. The number of hydrogen-bond donors (Lipinski definition) is 1. The van der Waals surface area contributed by atoms with Crippen LogP contribution < -0.4 is 0 Å². The molecule has 1 aromatic heterocycles. The Morgan fingerprint density at radius 3 is 2.81 bits per heavy atom. The Bertz CT molecular complexity index is 508. The van der Waals surface area contributed by atoms with Crippen LogP contribution in [0.15, 0.2) is 6.33 Å². The van der Waals surface area contributed by atoms with Gasteiger partial charge >= 0.3 is 0 Å². The van der Waals surface area contributed by atoms with Crippen LogP contribution in [-0.2, 0) is 11.8 Å². The first-order chi connectivity index (χ1) is 10.1. The fourth-order valence-corrected chi connectivity index (χ4v) is 3.70. The second-order valence-electron chi connectivity index (χ2n) is 6.51. The number of aryl methyl sites for hydroxylation is 1. The van der Waals surface area contributed by atoms with Gasteiger partial charge in [0.25, 0.3) is 0 Å². The molecule has 3 rings (SSSR count). The van der Waals surface area contributed by atoms with Crippen molar-refractivity contribution in [2.75, 3.05) is 6.54 Å². The fraction of sp³-hybridized carbons (Fsp3) is 0.800. The molecule has 6 nitrogen and oxygen atoms in total. The summed E-state index contributed by atoms with van der Waals surface area (Å²) in [5.41, 5.74) is -0.789. The minimum Gasteiger partial charge on any atom is -0.389 e. The molecule has 0 radical (unpaired) electrons. The maximum Gasteiger partial charge on any atom is 0.226 e. The van der Waals surface area contributed by atoms with E-state index in [-0.39, 0.29) is 18.4 Å². The lowest BCUT2D eigenvalue weighted by Gasteiger charge is -2.34. The summed E-state index contributed by atoms with van der Waals surface area (Å²) in [4.78, 5) is 14.5. The highest BCUT2D eigenvalue weighted by molar-refractivity contribution is 5.78. The Hall–Kier alpha value is -1.43. The van der Waals surface area contributed by atoms with E-state index in [2.05, 4.69) is 10.2 Å². The Balaban J connectivity index is 1.70. The van der Waals surface area contributed by atoms with E-state index < -0.39 is 5.60 Å². The first-order valence-electron chi connectivity index (χ1n) is 7.95. The number of aromatic nitrogens is 3. The predicted octanol–water partition coefficient (Wildman–Crippen LogP) is 1.56. The van der Waals surface area contributed by atoms with Crippen LogP contribution in [0.2, 0.25) is 0 Å². The summed E-state index contributed by atoms with van der Waals surface area (Å²) in [7, 11) is 1.91. The summed E-state index contributed by atoms with van der Waals surface area (Å²) >= 11 is 0. The molecule has 1 saturated heterocycles. The van der Waals surface area contributed by atoms with E-state index in [0.29, 0.717) is 0 Å². The lowest BCUT2D eigenvalue weighted by Crippen LogP contribution is -2.40. The van der Waals surface area contributed by atoms with E-state index in [4.69, 9.17) is 0 Å². The number of carbonyl (C=O) groups is 1. The van der Waals surface area contributed by atoms with Crippen molar-refractivity contribution in [3.63, 3.8) is 0 Å². The Morgan fingerprint density at radius 1 is 1.38 bits per heavy atom. The molecule has 1 N–H and O–H groups in total. The van der Waals surface area contributed by atoms with Gasteiger partial charge in [0.2, 0.25) is 5.91 Å². The molecular formula is C15H24N4O2. The molecule has 21 heavy (non-hydrogen) atoms. The molecule has 1 unspecified atom stereocenters. The van der Waals surface area contributed by atoms with Crippen LogP contribution >= 0.6 is 0 Å². The second kappa shape index (κ2) is 5.75. The van der Waals surface area contributed by atoms with E-state index in [1.807, 2.05) is 16.5 Å². The molecule has 2 aliphatic rings. The summed E-state index contributed by atoms with van der Waals surface area (Å²) in [6.07, 6.45) is 8.56.